The SMILES string of the molecule is CC(=O)NC(CS(=O)Cc1cccc(C)c1)C(=O)O. The normalized spacial score (nSPS) is 13.6. The van der Waals surface area contributed by atoms with Gasteiger partial charge in [-0.25, -0.2) is 4.79 Å². The molecule has 1 aromatic carbocycles. The number of carbonyl (C=O) groups excluding carboxylic acids is 1. The molecule has 0 saturated carbocycles. The first kappa shape index (κ1) is 15.4. The van der Waals surface area contributed by atoms with Crippen molar-refractivity contribution < 1.29 is 18.9 Å². The molecule has 5 nitrogen and oxygen atoms in total. The Morgan fingerprint density at radius 2 is 2.11 bits per heavy atom. The zero-order valence-electron chi connectivity index (χ0n) is 10.9. The van der Waals surface area contributed by atoms with Crippen molar-refractivity contribution in [3.05, 3.63) is 35.4 Å². The Bertz CT molecular complexity index is 501. The lowest BCUT2D eigenvalue weighted by molar-refractivity contribution is -0.140. The van der Waals surface area contributed by atoms with Crippen molar-refractivity contribution in [3.63, 3.8) is 0 Å². The zero-order chi connectivity index (χ0) is 14.4. The summed E-state index contributed by atoms with van der Waals surface area (Å²) >= 11 is 0. The highest BCUT2D eigenvalue weighted by Gasteiger charge is 2.21. The molecule has 0 spiro atoms. The Morgan fingerprint density at radius 3 is 2.63 bits per heavy atom. The van der Waals surface area contributed by atoms with Gasteiger partial charge in [0.25, 0.3) is 0 Å². The Balaban J connectivity index is 2.62. The molecule has 104 valence electrons. The molecule has 1 aromatic rings. The van der Waals surface area contributed by atoms with Crippen LogP contribution in [0.4, 0.5) is 0 Å². The van der Waals surface area contributed by atoms with Gasteiger partial charge in [-0.2, -0.15) is 0 Å². The number of benzene rings is 1. The van der Waals surface area contributed by atoms with Gasteiger partial charge < -0.3 is 10.4 Å². The number of hydrogen-bond acceptors (Lipinski definition) is 3. The molecule has 0 bridgehead atoms. The summed E-state index contributed by atoms with van der Waals surface area (Å²) in [6, 6.07) is 6.45. The maximum absolute atomic E-state index is 11.9. The van der Waals surface area contributed by atoms with Gasteiger partial charge in [0.2, 0.25) is 5.91 Å². The average molecular weight is 283 g/mol. The maximum atomic E-state index is 11.9. The predicted octanol–water partition coefficient (Wildman–Crippen LogP) is 0.833. The van der Waals surface area contributed by atoms with Crippen molar-refractivity contribution in [2.24, 2.45) is 0 Å². The van der Waals surface area contributed by atoms with Gasteiger partial charge in [-0.1, -0.05) is 29.8 Å². The number of carbonyl (C=O) groups is 2. The third kappa shape index (κ3) is 5.65. The molecule has 0 aliphatic carbocycles. The zero-order valence-corrected chi connectivity index (χ0v) is 11.7. The molecule has 0 saturated heterocycles. The summed E-state index contributed by atoms with van der Waals surface area (Å²) in [5.41, 5.74) is 1.96. The molecule has 1 amide bonds. The first-order valence-corrected chi connectivity index (χ1v) is 7.27. The molecule has 0 aliphatic heterocycles. The number of carboxylic acids is 1. The lowest BCUT2D eigenvalue weighted by atomic mass is 10.2. The van der Waals surface area contributed by atoms with Gasteiger partial charge in [0.15, 0.2) is 0 Å². The second-order valence-corrected chi connectivity index (χ2v) is 5.83. The number of amides is 1. The summed E-state index contributed by atoms with van der Waals surface area (Å²) in [5, 5.41) is 11.2. The molecule has 0 aliphatic rings. The topological polar surface area (TPSA) is 83.5 Å². The largest absolute Gasteiger partial charge is 0.480 e. The number of aliphatic carboxylic acids is 1. The quantitative estimate of drug-likeness (QED) is 0.810. The van der Waals surface area contributed by atoms with Gasteiger partial charge in [-0.15, -0.1) is 0 Å². The minimum absolute atomic E-state index is 0.0944. The molecule has 0 aromatic heterocycles. The smallest absolute Gasteiger partial charge is 0.327 e. The first-order chi connectivity index (χ1) is 8.88. The third-order valence-corrected chi connectivity index (χ3v) is 3.80. The predicted molar refractivity (Wildman–Crippen MR) is 73.1 cm³/mol. The highest BCUT2D eigenvalue weighted by molar-refractivity contribution is 7.84. The molecular formula is C13H17NO4S. The summed E-state index contributed by atoms with van der Waals surface area (Å²) in [5.74, 6) is -1.43. The van der Waals surface area contributed by atoms with Crippen LogP contribution in [0.3, 0.4) is 0 Å². The molecule has 6 heteroatoms. The first-order valence-electron chi connectivity index (χ1n) is 5.79. The average Bonchev–Trinajstić information content (AvgIpc) is 2.27. The van der Waals surface area contributed by atoms with E-state index in [0.29, 0.717) is 0 Å². The van der Waals surface area contributed by atoms with Crippen molar-refractivity contribution in [1.82, 2.24) is 5.32 Å². The second kappa shape index (κ2) is 7.04. The van der Waals surface area contributed by atoms with Crippen LogP contribution < -0.4 is 5.32 Å². The van der Waals surface area contributed by atoms with E-state index in [4.69, 9.17) is 5.11 Å². The van der Waals surface area contributed by atoms with Crippen LogP contribution >= 0.6 is 0 Å². The van der Waals surface area contributed by atoms with Gasteiger partial charge in [0.05, 0.1) is 5.75 Å². The van der Waals surface area contributed by atoms with Gasteiger partial charge in [0.1, 0.15) is 6.04 Å². The Labute approximate surface area is 114 Å². The van der Waals surface area contributed by atoms with E-state index in [-0.39, 0.29) is 11.5 Å². The highest BCUT2D eigenvalue weighted by Crippen LogP contribution is 2.07. The molecule has 0 radical (unpaired) electrons. The van der Waals surface area contributed by atoms with Crippen LogP contribution in [0.2, 0.25) is 0 Å². The summed E-state index contributed by atoms with van der Waals surface area (Å²) in [4.78, 5) is 21.8. The van der Waals surface area contributed by atoms with Crippen molar-refractivity contribution in [2.45, 2.75) is 25.6 Å². The van der Waals surface area contributed by atoms with Crippen molar-refractivity contribution >= 4 is 22.7 Å². The van der Waals surface area contributed by atoms with E-state index in [2.05, 4.69) is 5.32 Å². The fourth-order valence-electron chi connectivity index (χ4n) is 1.65. The van der Waals surface area contributed by atoms with Crippen molar-refractivity contribution in [2.75, 3.05) is 5.75 Å². The summed E-state index contributed by atoms with van der Waals surface area (Å²) in [6.07, 6.45) is 0. The van der Waals surface area contributed by atoms with Gasteiger partial charge in [-0.3, -0.25) is 9.00 Å². The molecule has 2 N–H and O–H groups in total. The fourth-order valence-corrected chi connectivity index (χ4v) is 2.92. The van der Waals surface area contributed by atoms with Crippen LogP contribution in [0.1, 0.15) is 18.1 Å². The van der Waals surface area contributed by atoms with E-state index in [1.54, 1.807) is 0 Å². The monoisotopic (exact) mass is 283 g/mol. The molecule has 2 unspecified atom stereocenters. The van der Waals surface area contributed by atoms with Crippen LogP contribution in [0, 0.1) is 6.92 Å². The third-order valence-electron chi connectivity index (χ3n) is 2.44. The number of nitrogens with one attached hydrogen (secondary N) is 1. The standard InChI is InChI=1S/C13H17NO4S/c1-9-4-3-5-11(6-9)7-19(18)8-12(13(16)17)14-10(2)15/h3-6,12H,7-8H2,1-2H3,(H,14,15)(H,16,17). The van der Waals surface area contributed by atoms with E-state index in [9.17, 15) is 13.8 Å². The van der Waals surface area contributed by atoms with Crippen molar-refractivity contribution in [3.8, 4) is 0 Å². The Morgan fingerprint density at radius 1 is 1.42 bits per heavy atom. The van der Waals surface area contributed by atoms with Gasteiger partial charge in [0, 0.05) is 23.5 Å². The molecular weight excluding hydrogens is 266 g/mol. The molecule has 0 heterocycles. The number of rotatable bonds is 6. The summed E-state index contributed by atoms with van der Waals surface area (Å²) in [6.45, 7) is 3.17. The Kier molecular flexibility index (Phi) is 5.69. The van der Waals surface area contributed by atoms with E-state index in [1.165, 1.54) is 6.92 Å². The van der Waals surface area contributed by atoms with E-state index < -0.39 is 28.7 Å². The van der Waals surface area contributed by atoms with E-state index in [1.807, 2.05) is 31.2 Å². The molecule has 2 atom stereocenters. The van der Waals surface area contributed by atoms with Crippen LogP contribution in [-0.4, -0.2) is 33.0 Å². The minimum Gasteiger partial charge on any atom is -0.480 e. The Hall–Kier alpha value is -1.69. The van der Waals surface area contributed by atoms with E-state index in [0.717, 1.165) is 11.1 Å². The lowest BCUT2D eigenvalue weighted by Gasteiger charge is -2.12. The van der Waals surface area contributed by atoms with Crippen LogP contribution in [-0.2, 0) is 26.1 Å². The maximum Gasteiger partial charge on any atom is 0.327 e. The second-order valence-electron chi connectivity index (χ2n) is 4.33. The minimum atomic E-state index is -1.34. The van der Waals surface area contributed by atoms with Crippen molar-refractivity contribution in [1.29, 1.82) is 0 Å². The van der Waals surface area contributed by atoms with Crippen LogP contribution in [0.5, 0.6) is 0 Å². The van der Waals surface area contributed by atoms with E-state index >= 15 is 0 Å². The number of carboxylic acid groups (broad SMARTS) is 1. The highest BCUT2D eigenvalue weighted by atomic mass is 32.2. The number of hydrogen-bond donors (Lipinski definition) is 2. The van der Waals surface area contributed by atoms with Crippen LogP contribution in [0.25, 0.3) is 0 Å². The molecule has 19 heavy (non-hydrogen) atoms. The summed E-state index contributed by atoms with van der Waals surface area (Å²) < 4.78 is 11.9. The lowest BCUT2D eigenvalue weighted by Crippen LogP contribution is -2.43. The number of aryl methyl sites for hydroxylation is 1. The fraction of sp³-hybridized carbons (Fsp3) is 0.385. The van der Waals surface area contributed by atoms with Gasteiger partial charge in [-0.05, 0) is 12.5 Å². The van der Waals surface area contributed by atoms with Crippen LogP contribution in [0.15, 0.2) is 24.3 Å². The molecule has 1 rings (SSSR count). The molecule has 0 fully saturated rings. The van der Waals surface area contributed by atoms with Gasteiger partial charge >= 0.3 is 5.97 Å². The summed E-state index contributed by atoms with van der Waals surface area (Å²) in [7, 11) is -1.34.